The van der Waals surface area contributed by atoms with Crippen LogP contribution in [0.5, 0.6) is 0 Å². The Morgan fingerprint density at radius 1 is 1.07 bits per heavy atom. The lowest BCUT2D eigenvalue weighted by Crippen LogP contribution is -2.35. The molecule has 2 heterocycles. The first kappa shape index (κ1) is 19.1. The summed E-state index contributed by atoms with van der Waals surface area (Å²) in [6, 6.07) is 18.0. The zero-order chi connectivity index (χ0) is 20.1. The van der Waals surface area contributed by atoms with Crippen LogP contribution in [-0.4, -0.2) is 34.1 Å². The summed E-state index contributed by atoms with van der Waals surface area (Å²) >= 11 is 0. The Balaban J connectivity index is 1.36. The van der Waals surface area contributed by atoms with E-state index in [-0.39, 0.29) is 5.78 Å². The lowest BCUT2D eigenvalue weighted by molar-refractivity contribution is 0.101. The summed E-state index contributed by atoms with van der Waals surface area (Å²) in [5.74, 6) is 2.06. The molecule has 0 unspecified atom stereocenters. The van der Waals surface area contributed by atoms with Crippen LogP contribution >= 0.6 is 0 Å². The quantitative estimate of drug-likeness (QED) is 0.637. The topological polar surface area (TPSA) is 71.0 Å². The molecule has 6 heteroatoms. The zero-order valence-electron chi connectivity index (χ0n) is 16.6. The Bertz CT molecular complexity index is 951. The second-order valence-electron chi connectivity index (χ2n) is 7.52. The van der Waals surface area contributed by atoms with Gasteiger partial charge in [-0.25, -0.2) is 0 Å². The van der Waals surface area contributed by atoms with Crippen LogP contribution in [0, 0.1) is 5.92 Å². The van der Waals surface area contributed by atoms with Gasteiger partial charge in [-0.1, -0.05) is 30.3 Å². The van der Waals surface area contributed by atoms with E-state index in [1.165, 1.54) is 5.56 Å². The van der Waals surface area contributed by atoms with Gasteiger partial charge in [-0.05, 0) is 61.9 Å². The van der Waals surface area contributed by atoms with E-state index < -0.39 is 0 Å². The summed E-state index contributed by atoms with van der Waals surface area (Å²) in [7, 11) is 0. The minimum atomic E-state index is 0.0539. The van der Waals surface area contributed by atoms with E-state index >= 15 is 0 Å². The molecule has 1 fully saturated rings. The first-order valence-electron chi connectivity index (χ1n) is 10.0. The van der Waals surface area contributed by atoms with Crippen molar-refractivity contribution in [3.8, 4) is 0 Å². The molecule has 4 rings (SSSR count). The number of rotatable bonds is 6. The number of ketones is 1. The van der Waals surface area contributed by atoms with Crippen molar-refractivity contribution >= 4 is 23.2 Å². The van der Waals surface area contributed by atoms with Gasteiger partial charge in [0.1, 0.15) is 0 Å². The Hall–Kier alpha value is -3.28. The van der Waals surface area contributed by atoms with Crippen LogP contribution in [0.4, 0.5) is 17.5 Å². The third-order valence-corrected chi connectivity index (χ3v) is 5.38. The second-order valence-corrected chi connectivity index (χ2v) is 7.52. The summed E-state index contributed by atoms with van der Waals surface area (Å²) in [6.45, 7) is 3.44. The molecular formula is C23H25N5O. The van der Waals surface area contributed by atoms with Gasteiger partial charge in [0.25, 0.3) is 0 Å². The van der Waals surface area contributed by atoms with E-state index in [1.54, 1.807) is 25.3 Å². The van der Waals surface area contributed by atoms with E-state index in [2.05, 4.69) is 55.7 Å². The molecule has 29 heavy (non-hydrogen) atoms. The van der Waals surface area contributed by atoms with Crippen molar-refractivity contribution < 1.29 is 4.79 Å². The molecule has 3 aromatic rings. The molecule has 148 valence electrons. The number of carbonyl (C=O) groups is 1. The van der Waals surface area contributed by atoms with Gasteiger partial charge in [0.2, 0.25) is 5.95 Å². The van der Waals surface area contributed by atoms with Gasteiger partial charge < -0.3 is 10.2 Å². The van der Waals surface area contributed by atoms with Crippen molar-refractivity contribution in [3.63, 3.8) is 0 Å². The fourth-order valence-electron chi connectivity index (χ4n) is 3.71. The fourth-order valence-corrected chi connectivity index (χ4v) is 3.71. The molecule has 0 spiro atoms. The maximum atomic E-state index is 11.4. The molecule has 0 radical (unpaired) electrons. The number of hydrogen-bond donors (Lipinski definition) is 1. The molecule has 1 aromatic heterocycles. The van der Waals surface area contributed by atoms with Crippen molar-refractivity contribution in [1.29, 1.82) is 0 Å². The number of benzene rings is 2. The fraction of sp³-hybridized carbons (Fsp3) is 0.304. The largest absolute Gasteiger partial charge is 0.339 e. The highest BCUT2D eigenvalue weighted by molar-refractivity contribution is 5.94. The molecule has 1 aliphatic heterocycles. The average Bonchev–Trinajstić information content (AvgIpc) is 2.76. The molecule has 0 saturated carbocycles. The third kappa shape index (κ3) is 4.96. The molecule has 1 N–H and O–H groups in total. The highest BCUT2D eigenvalue weighted by Gasteiger charge is 2.21. The van der Waals surface area contributed by atoms with E-state index in [0.717, 1.165) is 38.0 Å². The van der Waals surface area contributed by atoms with Crippen LogP contribution in [0.1, 0.15) is 35.7 Å². The molecule has 1 aliphatic rings. The van der Waals surface area contributed by atoms with Crippen molar-refractivity contribution in [2.45, 2.75) is 26.2 Å². The van der Waals surface area contributed by atoms with Crippen molar-refractivity contribution in [2.75, 3.05) is 23.3 Å². The van der Waals surface area contributed by atoms with E-state index in [4.69, 9.17) is 0 Å². The molecule has 0 bridgehead atoms. The lowest BCUT2D eigenvalue weighted by atomic mass is 9.90. The minimum absolute atomic E-state index is 0.0539. The van der Waals surface area contributed by atoms with E-state index in [1.807, 2.05) is 12.1 Å². The number of anilines is 3. The number of hydrogen-bond acceptors (Lipinski definition) is 6. The van der Waals surface area contributed by atoms with Gasteiger partial charge >= 0.3 is 0 Å². The number of nitrogens with one attached hydrogen (secondary N) is 1. The molecular weight excluding hydrogens is 362 g/mol. The van der Waals surface area contributed by atoms with Gasteiger partial charge in [0.15, 0.2) is 11.6 Å². The van der Waals surface area contributed by atoms with Gasteiger partial charge in [-0.15, -0.1) is 5.10 Å². The van der Waals surface area contributed by atoms with Crippen molar-refractivity contribution in [1.82, 2.24) is 15.2 Å². The summed E-state index contributed by atoms with van der Waals surface area (Å²) < 4.78 is 0. The van der Waals surface area contributed by atoms with Gasteiger partial charge in [0.05, 0.1) is 6.20 Å². The SMILES string of the molecule is CC(=O)c1ccc(Nc2cnnc(N3CCC(Cc4ccccc4)CC3)n2)cc1. The molecule has 0 atom stereocenters. The van der Waals surface area contributed by atoms with Crippen LogP contribution in [0.25, 0.3) is 0 Å². The smallest absolute Gasteiger partial charge is 0.247 e. The maximum Gasteiger partial charge on any atom is 0.247 e. The summed E-state index contributed by atoms with van der Waals surface area (Å²) in [6.07, 6.45) is 5.00. The Morgan fingerprint density at radius 3 is 2.48 bits per heavy atom. The predicted molar refractivity (Wildman–Crippen MR) is 115 cm³/mol. The highest BCUT2D eigenvalue weighted by atomic mass is 16.1. The summed E-state index contributed by atoms with van der Waals surface area (Å²) in [5.41, 5.74) is 2.96. The summed E-state index contributed by atoms with van der Waals surface area (Å²) in [4.78, 5) is 18.2. The Labute approximate surface area is 171 Å². The van der Waals surface area contributed by atoms with Crippen LogP contribution in [0.15, 0.2) is 60.8 Å². The van der Waals surface area contributed by atoms with Crippen LogP contribution in [-0.2, 0) is 6.42 Å². The number of Topliss-reactive ketones (excluding diaryl/α,β-unsaturated/α-hetero) is 1. The van der Waals surface area contributed by atoms with E-state index in [0.29, 0.717) is 23.2 Å². The van der Waals surface area contributed by atoms with Crippen molar-refractivity contribution in [2.24, 2.45) is 5.92 Å². The molecule has 2 aromatic carbocycles. The van der Waals surface area contributed by atoms with Gasteiger partial charge in [-0.2, -0.15) is 10.1 Å². The predicted octanol–water partition coefficient (Wildman–Crippen LogP) is 4.28. The first-order chi connectivity index (χ1) is 14.2. The first-order valence-corrected chi connectivity index (χ1v) is 10.0. The van der Waals surface area contributed by atoms with Gasteiger partial charge in [0, 0.05) is 24.3 Å². The minimum Gasteiger partial charge on any atom is -0.339 e. The van der Waals surface area contributed by atoms with Gasteiger partial charge in [-0.3, -0.25) is 4.79 Å². The normalized spacial score (nSPS) is 14.6. The number of carbonyl (C=O) groups excluding carboxylic acids is 1. The highest BCUT2D eigenvalue weighted by Crippen LogP contribution is 2.24. The Morgan fingerprint density at radius 2 is 1.79 bits per heavy atom. The number of piperidine rings is 1. The van der Waals surface area contributed by atoms with Crippen LogP contribution in [0.3, 0.4) is 0 Å². The number of nitrogens with zero attached hydrogens (tertiary/aromatic N) is 4. The lowest BCUT2D eigenvalue weighted by Gasteiger charge is -2.31. The molecule has 6 nitrogen and oxygen atoms in total. The van der Waals surface area contributed by atoms with E-state index in [9.17, 15) is 4.79 Å². The maximum absolute atomic E-state index is 11.4. The monoisotopic (exact) mass is 387 g/mol. The Kier molecular flexibility index (Phi) is 5.79. The molecule has 1 saturated heterocycles. The molecule has 0 amide bonds. The zero-order valence-corrected chi connectivity index (χ0v) is 16.6. The van der Waals surface area contributed by atoms with Crippen LogP contribution in [0.2, 0.25) is 0 Å². The third-order valence-electron chi connectivity index (χ3n) is 5.38. The average molecular weight is 387 g/mol. The molecule has 0 aliphatic carbocycles. The van der Waals surface area contributed by atoms with Crippen LogP contribution < -0.4 is 10.2 Å². The van der Waals surface area contributed by atoms with Crippen molar-refractivity contribution in [3.05, 3.63) is 71.9 Å². The standard InChI is InChI=1S/C23H25N5O/c1-17(29)20-7-9-21(10-8-20)25-22-16-24-27-23(26-22)28-13-11-19(12-14-28)15-18-5-3-2-4-6-18/h2-10,16,19H,11-15H2,1H3,(H,25,26,27). The number of aromatic nitrogens is 3. The summed E-state index contributed by atoms with van der Waals surface area (Å²) in [5, 5.41) is 11.6. The second kappa shape index (κ2) is 8.82.